The minimum Gasteiger partial charge on any atom is -0.452 e. The fourth-order valence-electron chi connectivity index (χ4n) is 2.10. The Labute approximate surface area is 156 Å². The van der Waals surface area contributed by atoms with Gasteiger partial charge in [0.25, 0.3) is 5.91 Å². The molecule has 0 saturated heterocycles. The summed E-state index contributed by atoms with van der Waals surface area (Å²) in [6.07, 6.45) is 0. The van der Waals surface area contributed by atoms with E-state index in [1.807, 2.05) is 0 Å². The van der Waals surface area contributed by atoms with Gasteiger partial charge in [0.2, 0.25) is 10.0 Å². The van der Waals surface area contributed by atoms with Gasteiger partial charge >= 0.3 is 5.97 Å². The molecular formula is C18H19FN2O5S. The second-order valence-corrected chi connectivity index (χ2v) is 8.05. The molecule has 0 aliphatic heterocycles. The molecule has 144 valence electrons. The van der Waals surface area contributed by atoms with Gasteiger partial charge in [-0.2, -0.15) is 0 Å². The predicted octanol–water partition coefficient (Wildman–Crippen LogP) is 2.18. The SMILES string of the molecule is Cc1ccc(F)cc1NC(=O)COC(=O)c1ccc(S(=O)(=O)N(C)C)cc1. The van der Waals surface area contributed by atoms with Crippen molar-refractivity contribution >= 4 is 27.6 Å². The van der Waals surface area contributed by atoms with Crippen LogP contribution in [0.5, 0.6) is 0 Å². The first-order chi connectivity index (χ1) is 12.6. The second-order valence-electron chi connectivity index (χ2n) is 5.90. The molecule has 2 aromatic carbocycles. The predicted molar refractivity (Wildman–Crippen MR) is 97.4 cm³/mol. The number of esters is 1. The standard InChI is InChI=1S/C18H19FN2O5S/c1-12-4-7-14(19)10-16(12)20-17(22)11-26-18(23)13-5-8-15(9-6-13)27(24,25)21(2)3/h4-10H,11H2,1-3H3,(H,20,22). The topological polar surface area (TPSA) is 92.8 Å². The molecule has 0 bridgehead atoms. The number of halogens is 1. The minimum atomic E-state index is -3.60. The molecule has 0 aliphatic carbocycles. The molecule has 2 rings (SSSR count). The summed E-state index contributed by atoms with van der Waals surface area (Å²) in [4.78, 5) is 23.9. The number of amides is 1. The maximum absolute atomic E-state index is 13.2. The van der Waals surface area contributed by atoms with Gasteiger partial charge in [0.1, 0.15) is 5.82 Å². The molecule has 0 aromatic heterocycles. The minimum absolute atomic E-state index is 0.0309. The first-order valence-electron chi connectivity index (χ1n) is 7.87. The number of hydrogen-bond acceptors (Lipinski definition) is 5. The van der Waals surface area contributed by atoms with Crippen LogP contribution in [0.25, 0.3) is 0 Å². The van der Waals surface area contributed by atoms with E-state index in [1.54, 1.807) is 6.92 Å². The van der Waals surface area contributed by atoms with E-state index < -0.39 is 34.3 Å². The summed E-state index contributed by atoms with van der Waals surface area (Å²) >= 11 is 0. The Hall–Kier alpha value is -2.78. The summed E-state index contributed by atoms with van der Waals surface area (Å²) < 4.78 is 43.1. The lowest BCUT2D eigenvalue weighted by atomic mass is 10.2. The largest absolute Gasteiger partial charge is 0.452 e. The van der Waals surface area contributed by atoms with Crippen LogP contribution in [0.15, 0.2) is 47.4 Å². The molecule has 0 fully saturated rings. The van der Waals surface area contributed by atoms with Crippen LogP contribution >= 0.6 is 0 Å². The number of benzene rings is 2. The van der Waals surface area contributed by atoms with Crippen molar-refractivity contribution < 1.29 is 27.1 Å². The molecule has 0 saturated carbocycles. The van der Waals surface area contributed by atoms with Crippen molar-refractivity contribution in [2.24, 2.45) is 0 Å². The molecule has 2 aromatic rings. The van der Waals surface area contributed by atoms with Crippen LogP contribution in [0.2, 0.25) is 0 Å². The summed E-state index contributed by atoms with van der Waals surface area (Å²) in [6.45, 7) is 1.14. The zero-order valence-corrected chi connectivity index (χ0v) is 15.8. The monoisotopic (exact) mass is 394 g/mol. The maximum atomic E-state index is 13.2. The number of nitrogens with zero attached hydrogens (tertiary/aromatic N) is 1. The molecular weight excluding hydrogens is 375 g/mol. The lowest BCUT2D eigenvalue weighted by molar-refractivity contribution is -0.119. The first kappa shape index (κ1) is 20.5. The molecule has 0 radical (unpaired) electrons. The Kier molecular flexibility index (Phi) is 6.29. The smallest absolute Gasteiger partial charge is 0.338 e. The molecule has 0 unspecified atom stereocenters. The van der Waals surface area contributed by atoms with Gasteiger partial charge < -0.3 is 10.1 Å². The van der Waals surface area contributed by atoms with E-state index in [0.29, 0.717) is 5.56 Å². The highest BCUT2D eigenvalue weighted by atomic mass is 32.2. The van der Waals surface area contributed by atoms with Gasteiger partial charge in [-0.15, -0.1) is 0 Å². The number of hydrogen-bond donors (Lipinski definition) is 1. The Morgan fingerprint density at radius 2 is 1.74 bits per heavy atom. The Morgan fingerprint density at radius 3 is 2.33 bits per heavy atom. The van der Waals surface area contributed by atoms with Crippen molar-refractivity contribution in [1.82, 2.24) is 4.31 Å². The van der Waals surface area contributed by atoms with Crippen LogP contribution < -0.4 is 5.32 Å². The fraction of sp³-hybridized carbons (Fsp3) is 0.222. The first-order valence-corrected chi connectivity index (χ1v) is 9.31. The van der Waals surface area contributed by atoms with Crippen LogP contribution in [-0.4, -0.2) is 45.3 Å². The molecule has 0 aliphatic rings. The van der Waals surface area contributed by atoms with Gasteiger partial charge in [-0.25, -0.2) is 21.9 Å². The summed E-state index contributed by atoms with van der Waals surface area (Å²) in [5.41, 5.74) is 1.05. The van der Waals surface area contributed by atoms with E-state index in [-0.39, 0.29) is 16.1 Å². The van der Waals surface area contributed by atoms with Gasteiger partial charge in [0.15, 0.2) is 6.61 Å². The third-order valence-electron chi connectivity index (χ3n) is 3.68. The van der Waals surface area contributed by atoms with Crippen LogP contribution in [0.1, 0.15) is 15.9 Å². The third-order valence-corrected chi connectivity index (χ3v) is 5.51. The van der Waals surface area contributed by atoms with E-state index in [1.165, 1.54) is 56.6 Å². The van der Waals surface area contributed by atoms with E-state index in [4.69, 9.17) is 4.74 Å². The average molecular weight is 394 g/mol. The molecule has 1 N–H and O–H groups in total. The van der Waals surface area contributed by atoms with Gasteiger partial charge in [-0.1, -0.05) is 6.07 Å². The molecule has 7 nitrogen and oxygen atoms in total. The summed E-state index contributed by atoms with van der Waals surface area (Å²) in [5, 5.41) is 2.46. The number of rotatable bonds is 6. The van der Waals surface area contributed by atoms with Crippen molar-refractivity contribution in [2.75, 3.05) is 26.0 Å². The van der Waals surface area contributed by atoms with Crippen molar-refractivity contribution in [2.45, 2.75) is 11.8 Å². The van der Waals surface area contributed by atoms with Crippen molar-refractivity contribution in [3.63, 3.8) is 0 Å². The van der Waals surface area contributed by atoms with Crippen molar-refractivity contribution in [3.05, 3.63) is 59.4 Å². The zero-order valence-electron chi connectivity index (χ0n) is 15.0. The molecule has 0 heterocycles. The quantitative estimate of drug-likeness (QED) is 0.758. The Morgan fingerprint density at radius 1 is 1.11 bits per heavy atom. The average Bonchev–Trinajstić information content (AvgIpc) is 2.62. The number of sulfonamides is 1. The highest BCUT2D eigenvalue weighted by Gasteiger charge is 2.18. The van der Waals surface area contributed by atoms with Gasteiger partial charge in [-0.3, -0.25) is 4.79 Å². The molecule has 9 heteroatoms. The zero-order chi connectivity index (χ0) is 20.2. The van der Waals surface area contributed by atoms with Crippen LogP contribution in [0.4, 0.5) is 10.1 Å². The number of nitrogens with one attached hydrogen (secondary N) is 1. The number of ether oxygens (including phenoxy) is 1. The van der Waals surface area contributed by atoms with E-state index >= 15 is 0 Å². The highest BCUT2D eigenvalue weighted by molar-refractivity contribution is 7.89. The molecule has 27 heavy (non-hydrogen) atoms. The van der Waals surface area contributed by atoms with Crippen molar-refractivity contribution in [1.29, 1.82) is 0 Å². The Balaban J connectivity index is 1.97. The normalized spacial score (nSPS) is 11.3. The van der Waals surface area contributed by atoms with Crippen LogP contribution in [0.3, 0.4) is 0 Å². The number of anilines is 1. The summed E-state index contributed by atoms with van der Waals surface area (Å²) in [7, 11) is -0.802. The van der Waals surface area contributed by atoms with Gasteiger partial charge in [-0.05, 0) is 48.9 Å². The molecule has 0 atom stereocenters. The van der Waals surface area contributed by atoms with Crippen LogP contribution in [-0.2, 0) is 19.6 Å². The highest BCUT2D eigenvalue weighted by Crippen LogP contribution is 2.16. The van der Waals surface area contributed by atoms with Gasteiger partial charge in [0.05, 0.1) is 10.5 Å². The van der Waals surface area contributed by atoms with Gasteiger partial charge in [0, 0.05) is 19.8 Å². The molecule has 1 amide bonds. The Bertz CT molecular complexity index is 956. The van der Waals surface area contributed by atoms with Crippen molar-refractivity contribution in [3.8, 4) is 0 Å². The lowest BCUT2D eigenvalue weighted by Gasteiger charge is -2.11. The van der Waals surface area contributed by atoms with Crippen LogP contribution in [0, 0.1) is 12.7 Å². The van der Waals surface area contributed by atoms with E-state index in [9.17, 15) is 22.4 Å². The van der Waals surface area contributed by atoms with E-state index in [0.717, 1.165) is 4.31 Å². The fourth-order valence-corrected chi connectivity index (χ4v) is 3.01. The second kappa shape index (κ2) is 8.28. The van der Waals surface area contributed by atoms with E-state index in [2.05, 4.69) is 5.32 Å². The third kappa shape index (κ3) is 5.11. The number of carbonyl (C=O) groups is 2. The lowest BCUT2D eigenvalue weighted by Crippen LogP contribution is -2.22. The maximum Gasteiger partial charge on any atom is 0.338 e. The summed E-state index contributed by atoms with van der Waals surface area (Å²) in [6, 6.07) is 9.11. The number of carbonyl (C=O) groups excluding carboxylic acids is 2. The number of aryl methyl sites for hydroxylation is 1. The summed E-state index contributed by atoms with van der Waals surface area (Å²) in [5.74, 6) is -1.90. The molecule has 0 spiro atoms.